The molecule has 0 bridgehead atoms. The first kappa shape index (κ1) is 12.5. The maximum atomic E-state index is 13.8. The van der Waals surface area contributed by atoms with Crippen molar-refractivity contribution in [2.45, 2.75) is 25.7 Å². The molecular weight excluding hydrogens is 244 g/mol. The Hall–Kier alpha value is -1.98. The summed E-state index contributed by atoms with van der Waals surface area (Å²) in [7, 11) is 0. The normalized spacial score (nSPS) is 14.7. The largest absolute Gasteiger partial charge is 0.449 e. The lowest BCUT2D eigenvalue weighted by atomic mass is 10.0. The minimum atomic E-state index is -1.32. The van der Waals surface area contributed by atoms with E-state index in [9.17, 15) is 18.5 Å². The Morgan fingerprint density at radius 3 is 2.72 bits per heavy atom. The lowest BCUT2D eigenvalue weighted by Gasteiger charge is -2.09. The molecule has 1 aromatic carbocycles. The van der Waals surface area contributed by atoms with Crippen LogP contribution in [0.25, 0.3) is 0 Å². The molecule has 0 saturated heterocycles. The summed E-state index contributed by atoms with van der Waals surface area (Å²) in [6.45, 7) is 0. The van der Waals surface area contributed by atoms with Crippen molar-refractivity contribution in [1.82, 2.24) is 0 Å². The van der Waals surface area contributed by atoms with Crippen molar-refractivity contribution < 1.29 is 23.4 Å². The van der Waals surface area contributed by atoms with Gasteiger partial charge in [0.15, 0.2) is 5.78 Å². The fourth-order valence-corrected chi connectivity index (χ4v) is 2.11. The minimum Gasteiger partial charge on any atom is -0.294 e. The Bertz CT molecular complexity index is 502. The van der Waals surface area contributed by atoms with Crippen molar-refractivity contribution in [3.8, 4) is 0 Å². The van der Waals surface area contributed by atoms with E-state index in [-0.39, 0.29) is 17.0 Å². The van der Waals surface area contributed by atoms with Gasteiger partial charge in [0, 0.05) is 16.6 Å². The van der Waals surface area contributed by atoms with Crippen LogP contribution >= 0.6 is 0 Å². The van der Waals surface area contributed by atoms with E-state index in [1.54, 1.807) is 0 Å². The average Bonchev–Trinajstić information content (AvgIpc) is 2.51. The molecule has 18 heavy (non-hydrogen) atoms. The molecule has 4 nitrogen and oxygen atoms in total. The van der Waals surface area contributed by atoms with Crippen LogP contribution in [0.2, 0.25) is 0 Å². The zero-order chi connectivity index (χ0) is 13.1. The summed E-state index contributed by atoms with van der Waals surface area (Å²) in [5.41, 5.74) is 0.682. The number of nitrogens with one attached hydrogen (secondary N) is 1. The molecule has 0 aliphatic heterocycles. The third-order valence-corrected chi connectivity index (χ3v) is 2.87. The van der Waals surface area contributed by atoms with Gasteiger partial charge in [-0.25, -0.2) is 14.1 Å². The number of fused-ring (bicyclic) bond motifs is 1. The van der Waals surface area contributed by atoms with Crippen LogP contribution in [0.3, 0.4) is 0 Å². The van der Waals surface area contributed by atoms with Gasteiger partial charge in [-0.05, 0) is 37.0 Å². The number of aryl methyl sites for hydroxylation is 1. The highest BCUT2D eigenvalue weighted by molar-refractivity contribution is 5.99. The number of halogens is 2. The Morgan fingerprint density at radius 1 is 1.28 bits per heavy atom. The standard InChI is InChI=1S/C12H11F2NO3/c13-9-6-8(15-12(17)18-14)5-7-3-1-2-4-10(16)11(7)9/h5-6H,1-4H2,(H,15,17). The molecule has 0 fully saturated rings. The van der Waals surface area contributed by atoms with E-state index < -0.39 is 11.9 Å². The van der Waals surface area contributed by atoms with Gasteiger partial charge in [-0.15, -0.1) is 0 Å². The zero-order valence-electron chi connectivity index (χ0n) is 9.46. The molecule has 96 valence electrons. The van der Waals surface area contributed by atoms with Crippen molar-refractivity contribution in [3.63, 3.8) is 0 Å². The SMILES string of the molecule is O=C(Nc1cc(F)c2c(c1)CCCCC2=O)OF. The van der Waals surface area contributed by atoms with Gasteiger partial charge in [-0.2, -0.15) is 0 Å². The van der Waals surface area contributed by atoms with Gasteiger partial charge in [0.25, 0.3) is 0 Å². The Morgan fingerprint density at radius 2 is 2.00 bits per heavy atom. The topological polar surface area (TPSA) is 55.4 Å². The van der Waals surface area contributed by atoms with Crippen LogP contribution in [0.5, 0.6) is 0 Å². The fraction of sp³-hybridized carbons (Fsp3) is 0.333. The molecule has 0 radical (unpaired) electrons. The zero-order valence-corrected chi connectivity index (χ0v) is 9.46. The van der Waals surface area contributed by atoms with Crippen LogP contribution in [0.15, 0.2) is 12.1 Å². The van der Waals surface area contributed by atoms with Crippen molar-refractivity contribution in [2.75, 3.05) is 5.32 Å². The van der Waals surface area contributed by atoms with E-state index in [4.69, 9.17) is 0 Å². The molecule has 1 N–H and O–H groups in total. The number of ketones is 1. The highest BCUT2D eigenvalue weighted by Crippen LogP contribution is 2.26. The number of hydrogen-bond donors (Lipinski definition) is 1. The van der Waals surface area contributed by atoms with Crippen molar-refractivity contribution in [3.05, 3.63) is 29.1 Å². The highest BCUT2D eigenvalue weighted by atomic mass is 19.3. The lowest BCUT2D eigenvalue weighted by Crippen LogP contribution is -2.11. The van der Waals surface area contributed by atoms with E-state index in [0.717, 1.165) is 12.5 Å². The van der Waals surface area contributed by atoms with Gasteiger partial charge in [0.1, 0.15) is 5.82 Å². The second kappa shape index (κ2) is 5.12. The van der Waals surface area contributed by atoms with Crippen LogP contribution in [0, 0.1) is 5.82 Å². The van der Waals surface area contributed by atoms with E-state index >= 15 is 0 Å². The first-order valence-electron chi connectivity index (χ1n) is 5.57. The van der Waals surface area contributed by atoms with Crippen LogP contribution in [0.4, 0.5) is 19.4 Å². The van der Waals surface area contributed by atoms with E-state index in [1.807, 2.05) is 5.32 Å². The first-order valence-corrected chi connectivity index (χ1v) is 5.57. The summed E-state index contributed by atoms with van der Waals surface area (Å²) in [5.74, 6) is -0.937. The summed E-state index contributed by atoms with van der Waals surface area (Å²) >= 11 is 0. The van der Waals surface area contributed by atoms with Crippen molar-refractivity contribution >= 4 is 17.6 Å². The predicted octanol–water partition coefficient (Wildman–Crippen LogP) is 3.17. The number of amides is 1. The smallest absolute Gasteiger partial charge is 0.294 e. The molecule has 1 amide bonds. The first-order chi connectivity index (χ1) is 8.61. The second-order valence-electron chi connectivity index (χ2n) is 4.11. The number of carbonyl (C=O) groups is 2. The molecule has 0 unspecified atom stereocenters. The highest BCUT2D eigenvalue weighted by Gasteiger charge is 2.21. The maximum Gasteiger partial charge on any atom is 0.449 e. The van der Waals surface area contributed by atoms with Gasteiger partial charge < -0.3 is 0 Å². The Kier molecular flexibility index (Phi) is 3.55. The number of hydrogen-bond acceptors (Lipinski definition) is 3. The lowest BCUT2D eigenvalue weighted by molar-refractivity contribution is -0.0544. The molecular formula is C12H11F2NO3. The summed E-state index contributed by atoms with van der Waals surface area (Å²) in [5, 5.41) is 2.03. The molecule has 1 aliphatic rings. The van der Waals surface area contributed by atoms with E-state index in [0.29, 0.717) is 24.8 Å². The van der Waals surface area contributed by atoms with Crippen LogP contribution < -0.4 is 5.32 Å². The van der Waals surface area contributed by atoms with Crippen molar-refractivity contribution in [2.24, 2.45) is 0 Å². The van der Waals surface area contributed by atoms with Gasteiger partial charge in [-0.1, -0.05) is 0 Å². The van der Waals surface area contributed by atoms with Gasteiger partial charge in [0.2, 0.25) is 0 Å². The van der Waals surface area contributed by atoms with Gasteiger partial charge in [0.05, 0.1) is 5.56 Å². The van der Waals surface area contributed by atoms with E-state index in [2.05, 4.69) is 4.94 Å². The van der Waals surface area contributed by atoms with Crippen LogP contribution in [0.1, 0.15) is 35.2 Å². The molecule has 2 rings (SSSR count). The number of rotatable bonds is 1. The quantitative estimate of drug-likeness (QED) is 0.784. The summed E-state index contributed by atoms with van der Waals surface area (Å²) in [6.07, 6.45) is 1.04. The molecule has 0 atom stereocenters. The molecule has 1 aromatic rings. The molecule has 6 heteroatoms. The molecule has 0 spiro atoms. The third-order valence-electron chi connectivity index (χ3n) is 2.87. The summed E-state index contributed by atoms with van der Waals surface area (Å²) in [4.78, 5) is 25.3. The minimum absolute atomic E-state index is 0.0728. The molecule has 1 aliphatic carbocycles. The van der Waals surface area contributed by atoms with Gasteiger partial charge in [-0.3, -0.25) is 10.1 Å². The molecule has 0 saturated carbocycles. The van der Waals surface area contributed by atoms with Crippen LogP contribution in [-0.4, -0.2) is 11.9 Å². The Labute approximate surface area is 102 Å². The van der Waals surface area contributed by atoms with Crippen LogP contribution in [-0.2, 0) is 11.4 Å². The second-order valence-corrected chi connectivity index (χ2v) is 4.11. The third kappa shape index (κ3) is 2.47. The Balaban J connectivity index is 2.38. The number of carbonyl (C=O) groups excluding carboxylic acids is 2. The van der Waals surface area contributed by atoms with Gasteiger partial charge >= 0.3 is 6.09 Å². The number of benzene rings is 1. The molecule has 0 heterocycles. The molecule has 0 aromatic heterocycles. The van der Waals surface area contributed by atoms with E-state index in [1.165, 1.54) is 6.07 Å². The summed E-state index contributed by atoms with van der Waals surface area (Å²) in [6, 6.07) is 2.46. The predicted molar refractivity (Wildman–Crippen MR) is 59.5 cm³/mol. The average molecular weight is 255 g/mol. The van der Waals surface area contributed by atoms with Crippen molar-refractivity contribution in [1.29, 1.82) is 0 Å². The summed E-state index contributed by atoms with van der Waals surface area (Å²) < 4.78 is 25.4. The monoisotopic (exact) mass is 255 g/mol. The number of Topliss-reactive ketones (excluding diaryl/α,β-unsaturated/α-hetero) is 1. The number of anilines is 1. The fourth-order valence-electron chi connectivity index (χ4n) is 2.11. The maximum absolute atomic E-state index is 13.8.